The summed E-state index contributed by atoms with van der Waals surface area (Å²) in [5.74, 6) is 0.133. The first kappa shape index (κ1) is 15.5. The van der Waals surface area contributed by atoms with Crippen LogP contribution in [0.3, 0.4) is 0 Å². The van der Waals surface area contributed by atoms with Crippen LogP contribution in [0.4, 0.5) is 16.2 Å². The maximum atomic E-state index is 12.2. The van der Waals surface area contributed by atoms with E-state index in [1.54, 1.807) is 42.5 Å². The molecule has 0 bridgehead atoms. The molecule has 3 aromatic rings. The van der Waals surface area contributed by atoms with Crippen molar-refractivity contribution in [1.29, 1.82) is 0 Å². The molecule has 0 aliphatic rings. The quantitative estimate of drug-likeness (QED) is 0.573. The summed E-state index contributed by atoms with van der Waals surface area (Å²) in [6.45, 7) is 0. The lowest BCUT2D eigenvalue weighted by Gasteiger charge is -2.11. The molecule has 3 N–H and O–H groups in total. The Bertz CT molecular complexity index is 877. The van der Waals surface area contributed by atoms with Gasteiger partial charge in [0.25, 0.3) is 0 Å². The van der Waals surface area contributed by atoms with Gasteiger partial charge in [-0.25, -0.2) is 4.79 Å². The normalized spacial score (nSPS) is 10.5. The average molecular weight is 347 g/mol. The van der Waals surface area contributed by atoms with Crippen molar-refractivity contribution < 1.29 is 9.90 Å². The van der Waals surface area contributed by atoms with Crippen molar-refractivity contribution in [2.45, 2.75) is 0 Å². The number of hydrogen-bond donors (Lipinski definition) is 3. The monoisotopic (exact) mass is 346 g/mol. The van der Waals surface area contributed by atoms with Gasteiger partial charge < -0.3 is 15.7 Å². The number of urea groups is 1. The van der Waals surface area contributed by atoms with Gasteiger partial charge in [0.2, 0.25) is 0 Å². The highest BCUT2D eigenvalue weighted by atomic mass is 35.5. The second-order valence-electron chi connectivity index (χ2n) is 4.95. The molecule has 3 aromatic carbocycles. The van der Waals surface area contributed by atoms with Gasteiger partial charge in [-0.15, -0.1) is 0 Å². The average Bonchev–Trinajstić information content (AvgIpc) is 2.46. The molecule has 2 amide bonds. The number of rotatable bonds is 2. The van der Waals surface area contributed by atoms with Crippen LogP contribution in [0.5, 0.6) is 5.75 Å². The highest BCUT2D eigenvalue weighted by molar-refractivity contribution is 6.35. The van der Waals surface area contributed by atoms with Crippen LogP contribution in [0, 0.1) is 0 Å². The zero-order valence-corrected chi connectivity index (χ0v) is 13.3. The Kier molecular flexibility index (Phi) is 4.28. The van der Waals surface area contributed by atoms with Crippen molar-refractivity contribution in [3.63, 3.8) is 0 Å². The van der Waals surface area contributed by atoms with E-state index in [1.165, 1.54) is 0 Å². The fraction of sp³-hybridized carbons (Fsp3) is 0. The van der Waals surface area contributed by atoms with Gasteiger partial charge in [0.1, 0.15) is 5.75 Å². The summed E-state index contributed by atoms with van der Waals surface area (Å²) in [5.41, 5.74) is 1.08. The molecule has 3 rings (SSSR count). The van der Waals surface area contributed by atoms with Crippen LogP contribution in [-0.4, -0.2) is 11.1 Å². The van der Waals surface area contributed by atoms with E-state index in [0.29, 0.717) is 21.4 Å². The fourth-order valence-electron chi connectivity index (χ4n) is 2.28. The third kappa shape index (κ3) is 3.67. The van der Waals surface area contributed by atoms with E-state index in [-0.39, 0.29) is 5.75 Å². The van der Waals surface area contributed by atoms with Crippen LogP contribution < -0.4 is 10.6 Å². The summed E-state index contributed by atoms with van der Waals surface area (Å²) in [5, 5.41) is 17.6. The first-order chi connectivity index (χ1) is 11.0. The number of anilines is 2. The Morgan fingerprint density at radius 3 is 2.39 bits per heavy atom. The molecule has 0 spiro atoms. The maximum absolute atomic E-state index is 12.2. The van der Waals surface area contributed by atoms with Gasteiger partial charge in [0.05, 0.1) is 5.69 Å². The zero-order chi connectivity index (χ0) is 16.4. The number of carbonyl (C=O) groups is 1. The number of carbonyl (C=O) groups excluding carboxylic acids is 1. The second-order valence-corrected chi connectivity index (χ2v) is 5.82. The van der Waals surface area contributed by atoms with Crippen molar-refractivity contribution in [3.05, 3.63) is 64.6 Å². The van der Waals surface area contributed by atoms with Gasteiger partial charge in [-0.2, -0.15) is 0 Å². The number of halogens is 2. The zero-order valence-electron chi connectivity index (χ0n) is 11.8. The van der Waals surface area contributed by atoms with Crippen LogP contribution in [-0.2, 0) is 0 Å². The van der Waals surface area contributed by atoms with Crippen molar-refractivity contribution in [1.82, 2.24) is 0 Å². The Balaban J connectivity index is 1.84. The van der Waals surface area contributed by atoms with E-state index < -0.39 is 6.03 Å². The Labute approximate surface area is 142 Å². The Hall–Kier alpha value is -2.43. The van der Waals surface area contributed by atoms with Crippen LogP contribution in [0.2, 0.25) is 10.0 Å². The van der Waals surface area contributed by atoms with Gasteiger partial charge in [-0.05, 0) is 41.8 Å². The number of benzene rings is 3. The standard InChI is InChI=1S/C17H12Cl2N2O2/c18-11-6-12(19)8-13(7-11)20-17(23)21-16-3-1-2-10-4-5-14(22)9-15(10)16/h1-9,22H,(H2,20,21,23). The molecule has 0 aliphatic carbocycles. The summed E-state index contributed by atoms with van der Waals surface area (Å²) in [6, 6.07) is 14.8. The van der Waals surface area contributed by atoms with E-state index in [1.807, 2.05) is 12.1 Å². The minimum Gasteiger partial charge on any atom is -0.508 e. The summed E-state index contributed by atoms with van der Waals surface area (Å²) in [7, 11) is 0. The van der Waals surface area contributed by atoms with Crippen molar-refractivity contribution in [3.8, 4) is 5.75 Å². The maximum Gasteiger partial charge on any atom is 0.323 e. The number of nitrogens with one attached hydrogen (secondary N) is 2. The highest BCUT2D eigenvalue weighted by Crippen LogP contribution is 2.27. The smallest absolute Gasteiger partial charge is 0.323 e. The number of phenolic OH excluding ortho intramolecular Hbond substituents is 1. The first-order valence-electron chi connectivity index (χ1n) is 6.77. The van der Waals surface area contributed by atoms with E-state index in [4.69, 9.17) is 23.2 Å². The number of amides is 2. The van der Waals surface area contributed by atoms with Crippen molar-refractivity contribution in [2.75, 3.05) is 10.6 Å². The lowest BCUT2D eigenvalue weighted by atomic mass is 10.1. The van der Waals surface area contributed by atoms with Crippen LogP contribution in [0.1, 0.15) is 0 Å². The lowest BCUT2D eigenvalue weighted by Crippen LogP contribution is -2.19. The molecule has 116 valence electrons. The van der Waals surface area contributed by atoms with E-state index in [0.717, 1.165) is 10.8 Å². The molecule has 0 radical (unpaired) electrons. The fourth-order valence-corrected chi connectivity index (χ4v) is 2.81. The number of fused-ring (bicyclic) bond motifs is 1. The molecular formula is C17H12Cl2N2O2. The van der Waals surface area contributed by atoms with Gasteiger partial charge >= 0.3 is 6.03 Å². The van der Waals surface area contributed by atoms with Crippen LogP contribution >= 0.6 is 23.2 Å². The molecule has 0 heterocycles. The summed E-state index contributed by atoms with van der Waals surface area (Å²) in [4.78, 5) is 12.2. The number of phenols is 1. The SMILES string of the molecule is O=C(Nc1cc(Cl)cc(Cl)c1)Nc1cccc2ccc(O)cc12. The van der Waals surface area contributed by atoms with Gasteiger partial charge in [0, 0.05) is 21.1 Å². The predicted molar refractivity (Wildman–Crippen MR) is 94.7 cm³/mol. The Morgan fingerprint density at radius 2 is 1.65 bits per heavy atom. The third-order valence-corrected chi connectivity index (χ3v) is 3.67. The molecule has 6 heteroatoms. The summed E-state index contributed by atoms with van der Waals surface area (Å²) in [6.07, 6.45) is 0. The molecule has 23 heavy (non-hydrogen) atoms. The molecule has 0 saturated heterocycles. The second kappa shape index (κ2) is 6.36. The van der Waals surface area contributed by atoms with Crippen LogP contribution in [0.15, 0.2) is 54.6 Å². The van der Waals surface area contributed by atoms with E-state index >= 15 is 0 Å². The van der Waals surface area contributed by atoms with Crippen molar-refractivity contribution in [2.24, 2.45) is 0 Å². The molecule has 0 unspecified atom stereocenters. The third-order valence-electron chi connectivity index (χ3n) is 3.23. The molecule has 0 atom stereocenters. The lowest BCUT2D eigenvalue weighted by molar-refractivity contribution is 0.262. The Morgan fingerprint density at radius 1 is 0.913 bits per heavy atom. The topological polar surface area (TPSA) is 61.4 Å². The minimum absolute atomic E-state index is 0.133. The molecule has 0 fully saturated rings. The molecule has 0 saturated carbocycles. The molecule has 0 aliphatic heterocycles. The van der Waals surface area contributed by atoms with Gasteiger partial charge in [-0.3, -0.25) is 0 Å². The molecule has 4 nitrogen and oxygen atoms in total. The largest absolute Gasteiger partial charge is 0.508 e. The molecule has 0 aromatic heterocycles. The highest BCUT2D eigenvalue weighted by Gasteiger charge is 2.08. The van der Waals surface area contributed by atoms with E-state index in [2.05, 4.69) is 10.6 Å². The number of hydrogen-bond acceptors (Lipinski definition) is 2. The first-order valence-corrected chi connectivity index (χ1v) is 7.53. The molecular weight excluding hydrogens is 335 g/mol. The van der Waals surface area contributed by atoms with Gasteiger partial charge in [-0.1, -0.05) is 41.4 Å². The minimum atomic E-state index is -0.431. The number of aromatic hydroxyl groups is 1. The van der Waals surface area contributed by atoms with E-state index in [9.17, 15) is 9.90 Å². The van der Waals surface area contributed by atoms with Gasteiger partial charge in [0.15, 0.2) is 0 Å². The summed E-state index contributed by atoms with van der Waals surface area (Å²) < 4.78 is 0. The summed E-state index contributed by atoms with van der Waals surface area (Å²) >= 11 is 11.8. The predicted octanol–water partition coefficient (Wildman–Crippen LogP) is 5.50. The van der Waals surface area contributed by atoms with Crippen molar-refractivity contribution >= 4 is 51.4 Å². The van der Waals surface area contributed by atoms with Crippen LogP contribution in [0.25, 0.3) is 10.8 Å².